The van der Waals surface area contributed by atoms with Crippen LogP contribution in [0.1, 0.15) is 12.7 Å². The lowest BCUT2D eigenvalue weighted by atomic mass is 10.0. The van der Waals surface area contributed by atoms with Crippen LogP contribution in [0.15, 0.2) is 18.6 Å². The molecule has 2 aromatic heterocycles. The summed E-state index contributed by atoms with van der Waals surface area (Å²) in [6, 6.07) is 0. The smallest absolute Gasteiger partial charge is 0.311 e. The molecule has 1 atom stereocenters. The Labute approximate surface area is 88.1 Å². The summed E-state index contributed by atoms with van der Waals surface area (Å²) in [5, 5.41) is 7.03. The molecule has 0 aromatic carbocycles. The van der Waals surface area contributed by atoms with Gasteiger partial charge >= 0.3 is 6.18 Å². The molecule has 2 aromatic rings. The third kappa shape index (κ3) is 1.42. The van der Waals surface area contributed by atoms with Crippen molar-refractivity contribution in [3.63, 3.8) is 0 Å². The number of rotatable bonds is 1. The molecule has 0 saturated heterocycles. The van der Waals surface area contributed by atoms with E-state index in [0.29, 0.717) is 0 Å². The standard InChI is InChI=1S/C8H8F3N5/c1-7(12,8(9,10)11)6-15-14-5-4-13-2-3-16(5)6/h2-4H,12H2,1H3. The van der Waals surface area contributed by atoms with E-state index in [1.54, 1.807) is 0 Å². The van der Waals surface area contributed by atoms with E-state index in [4.69, 9.17) is 5.73 Å². The van der Waals surface area contributed by atoms with Crippen LogP contribution in [-0.2, 0) is 5.54 Å². The van der Waals surface area contributed by atoms with Gasteiger partial charge in [-0.2, -0.15) is 13.2 Å². The van der Waals surface area contributed by atoms with Crippen molar-refractivity contribution in [3.8, 4) is 0 Å². The topological polar surface area (TPSA) is 69.1 Å². The first-order valence-electron chi connectivity index (χ1n) is 4.35. The Balaban J connectivity index is 2.64. The fraction of sp³-hybridized carbons (Fsp3) is 0.375. The van der Waals surface area contributed by atoms with Crippen molar-refractivity contribution in [2.45, 2.75) is 18.6 Å². The fourth-order valence-electron chi connectivity index (χ4n) is 1.23. The first kappa shape index (κ1) is 10.8. The van der Waals surface area contributed by atoms with Crippen LogP contribution in [0.3, 0.4) is 0 Å². The zero-order valence-electron chi connectivity index (χ0n) is 8.23. The van der Waals surface area contributed by atoms with Crippen LogP contribution in [0.25, 0.3) is 5.65 Å². The molecular weight excluding hydrogens is 223 g/mol. The minimum atomic E-state index is -4.60. The van der Waals surface area contributed by atoms with Crippen molar-refractivity contribution in [2.24, 2.45) is 5.73 Å². The molecular formula is C8H8F3N5. The molecule has 2 N–H and O–H groups in total. The summed E-state index contributed by atoms with van der Waals surface area (Å²) < 4.78 is 39.3. The van der Waals surface area contributed by atoms with E-state index in [-0.39, 0.29) is 11.5 Å². The van der Waals surface area contributed by atoms with Crippen molar-refractivity contribution < 1.29 is 13.2 Å². The van der Waals surface area contributed by atoms with Crippen molar-refractivity contribution in [2.75, 3.05) is 0 Å². The summed E-state index contributed by atoms with van der Waals surface area (Å²) in [7, 11) is 0. The van der Waals surface area contributed by atoms with E-state index in [0.717, 1.165) is 6.92 Å². The van der Waals surface area contributed by atoms with Crippen LogP contribution in [0.5, 0.6) is 0 Å². The lowest BCUT2D eigenvalue weighted by Crippen LogP contribution is -2.49. The van der Waals surface area contributed by atoms with Gasteiger partial charge < -0.3 is 5.73 Å². The number of fused-ring (bicyclic) bond motifs is 1. The van der Waals surface area contributed by atoms with E-state index >= 15 is 0 Å². The maximum Gasteiger partial charge on any atom is 0.413 e. The number of halogens is 3. The molecule has 0 aliphatic heterocycles. The molecule has 8 heteroatoms. The third-order valence-electron chi connectivity index (χ3n) is 2.27. The molecule has 0 bridgehead atoms. The first-order valence-corrected chi connectivity index (χ1v) is 4.35. The van der Waals surface area contributed by atoms with Gasteiger partial charge in [0.1, 0.15) is 0 Å². The van der Waals surface area contributed by atoms with Gasteiger partial charge in [0.2, 0.25) is 0 Å². The molecule has 2 rings (SSSR count). The Kier molecular flexibility index (Phi) is 2.12. The highest BCUT2D eigenvalue weighted by atomic mass is 19.4. The minimum Gasteiger partial charge on any atom is -0.311 e. The van der Waals surface area contributed by atoms with Gasteiger partial charge in [-0.05, 0) is 6.92 Å². The van der Waals surface area contributed by atoms with Gasteiger partial charge in [-0.3, -0.25) is 9.38 Å². The summed E-state index contributed by atoms with van der Waals surface area (Å²) in [4.78, 5) is 3.73. The Morgan fingerprint density at radius 2 is 2.00 bits per heavy atom. The average molecular weight is 231 g/mol. The molecule has 5 nitrogen and oxygen atoms in total. The summed E-state index contributed by atoms with van der Waals surface area (Å²) in [5.74, 6) is -0.364. The monoisotopic (exact) mass is 231 g/mol. The van der Waals surface area contributed by atoms with Gasteiger partial charge in [0.15, 0.2) is 17.0 Å². The van der Waals surface area contributed by atoms with Crippen LogP contribution >= 0.6 is 0 Å². The van der Waals surface area contributed by atoms with Gasteiger partial charge in [0.05, 0.1) is 6.20 Å². The minimum absolute atomic E-state index is 0.221. The number of alkyl halides is 3. The van der Waals surface area contributed by atoms with Gasteiger partial charge in [0.25, 0.3) is 0 Å². The van der Waals surface area contributed by atoms with Crippen LogP contribution in [-0.4, -0.2) is 25.8 Å². The van der Waals surface area contributed by atoms with Gasteiger partial charge in [-0.1, -0.05) is 0 Å². The molecule has 0 saturated carbocycles. The average Bonchev–Trinajstić information content (AvgIpc) is 2.59. The molecule has 0 spiro atoms. The molecule has 0 fully saturated rings. The third-order valence-corrected chi connectivity index (χ3v) is 2.27. The number of nitrogens with two attached hydrogens (primary N) is 1. The van der Waals surface area contributed by atoms with Crippen molar-refractivity contribution in [3.05, 3.63) is 24.4 Å². The maximum absolute atomic E-state index is 12.7. The molecule has 16 heavy (non-hydrogen) atoms. The highest BCUT2D eigenvalue weighted by Crippen LogP contribution is 2.35. The predicted molar refractivity (Wildman–Crippen MR) is 48.4 cm³/mol. The van der Waals surface area contributed by atoms with Crippen LogP contribution in [0.2, 0.25) is 0 Å². The number of nitrogens with zero attached hydrogens (tertiary/aromatic N) is 4. The second-order valence-corrected chi connectivity index (χ2v) is 3.53. The Morgan fingerprint density at radius 1 is 1.31 bits per heavy atom. The van der Waals surface area contributed by atoms with Gasteiger partial charge in [-0.25, -0.2) is 0 Å². The van der Waals surface area contributed by atoms with Crippen LogP contribution in [0.4, 0.5) is 13.2 Å². The molecule has 0 aliphatic rings. The number of aromatic nitrogens is 4. The van der Waals surface area contributed by atoms with Crippen LogP contribution < -0.4 is 5.73 Å². The van der Waals surface area contributed by atoms with Crippen molar-refractivity contribution in [1.82, 2.24) is 19.6 Å². The van der Waals surface area contributed by atoms with E-state index in [2.05, 4.69) is 15.2 Å². The van der Waals surface area contributed by atoms with E-state index in [1.165, 1.54) is 23.0 Å². The van der Waals surface area contributed by atoms with E-state index < -0.39 is 11.7 Å². The summed E-state index contributed by atoms with van der Waals surface area (Å²) in [6.45, 7) is 0.851. The first-order chi connectivity index (χ1) is 7.34. The summed E-state index contributed by atoms with van der Waals surface area (Å²) >= 11 is 0. The SMILES string of the molecule is CC(N)(c1nnc2cnccn12)C(F)(F)F. The maximum atomic E-state index is 12.7. The summed E-state index contributed by atoms with van der Waals surface area (Å²) in [6.07, 6.45) is -0.615. The lowest BCUT2D eigenvalue weighted by molar-refractivity contribution is -0.186. The largest absolute Gasteiger partial charge is 0.413 e. The van der Waals surface area contributed by atoms with Crippen molar-refractivity contribution in [1.29, 1.82) is 0 Å². The highest BCUT2D eigenvalue weighted by molar-refractivity contribution is 5.35. The highest BCUT2D eigenvalue weighted by Gasteiger charge is 2.52. The summed E-state index contributed by atoms with van der Waals surface area (Å²) in [5.41, 5.74) is 2.93. The zero-order valence-corrected chi connectivity index (χ0v) is 8.23. The Bertz CT molecular complexity index is 516. The van der Waals surface area contributed by atoms with Gasteiger partial charge in [0, 0.05) is 12.4 Å². The molecule has 0 radical (unpaired) electrons. The quantitative estimate of drug-likeness (QED) is 0.790. The predicted octanol–water partition coefficient (Wildman–Crippen LogP) is 0.860. The van der Waals surface area contributed by atoms with E-state index in [9.17, 15) is 13.2 Å². The molecule has 1 unspecified atom stereocenters. The zero-order chi connectivity index (χ0) is 12.0. The fourth-order valence-corrected chi connectivity index (χ4v) is 1.23. The Hall–Kier alpha value is -1.70. The van der Waals surface area contributed by atoms with Crippen LogP contribution in [0, 0.1) is 0 Å². The molecule has 0 amide bonds. The van der Waals surface area contributed by atoms with Crippen molar-refractivity contribution >= 4 is 5.65 Å². The molecule has 2 heterocycles. The second-order valence-electron chi connectivity index (χ2n) is 3.53. The Morgan fingerprint density at radius 3 is 2.62 bits per heavy atom. The lowest BCUT2D eigenvalue weighted by Gasteiger charge is -2.25. The number of hydrogen-bond acceptors (Lipinski definition) is 4. The molecule has 0 aliphatic carbocycles. The normalized spacial score (nSPS) is 16.3. The van der Waals surface area contributed by atoms with E-state index in [1.807, 2.05) is 0 Å². The molecule has 86 valence electrons. The van der Waals surface area contributed by atoms with Gasteiger partial charge in [-0.15, -0.1) is 10.2 Å². The number of hydrogen-bond donors (Lipinski definition) is 1. The second kappa shape index (κ2) is 3.14.